The molecule has 0 fully saturated rings. The third-order valence-electron chi connectivity index (χ3n) is 4.31. The van der Waals surface area contributed by atoms with Crippen molar-refractivity contribution in [3.63, 3.8) is 0 Å². The molecule has 1 amide bonds. The summed E-state index contributed by atoms with van der Waals surface area (Å²) in [5, 5.41) is 15.2. The van der Waals surface area contributed by atoms with E-state index in [0.29, 0.717) is 11.7 Å². The minimum Gasteiger partial charge on any atom is -0.497 e. The molecule has 28 heavy (non-hydrogen) atoms. The first kappa shape index (κ1) is 19.9. The molecule has 0 bridgehead atoms. The van der Waals surface area contributed by atoms with E-state index >= 15 is 0 Å². The van der Waals surface area contributed by atoms with Crippen molar-refractivity contribution in [3.05, 3.63) is 59.7 Å². The van der Waals surface area contributed by atoms with Gasteiger partial charge in [-0.15, -0.1) is 5.10 Å². The molecule has 0 saturated heterocycles. The van der Waals surface area contributed by atoms with E-state index < -0.39 is 0 Å². The van der Waals surface area contributed by atoms with E-state index in [2.05, 4.69) is 20.8 Å². The molecule has 0 aliphatic rings. The summed E-state index contributed by atoms with van der Waals surface area (Å²) in [7, 11) is 1.64. The Balaban J connectivity index is 1.55. The highest BCUT2D eigenvalue weighted by Gasteiger charge is 2.19. The second-order valence-electron chi connectivity index (χ2n) is 6.31. The average Bonchev–Trinajstić information content (AvgIpc) is 3.16. The normalized spacial score (nSPS) is 11.8. The third kappa shape index (κ3) is 4.89. The number of benzene rings is 2. The summed E-state index contributed by atoms with van der Waals surface area (Å²) in [6.45, 7) is 4.42. The Morgan fingerprint density at radius 1 is 1.21 bits per heavy atom. The summed E-state index contributed by atoms with van der Waals surface area (Å²) < 4.78 is 6.82. The van der Waals surface area contributed by atoms with Gasteiger partial charge in [0, 0.05) is 6.54 Å². The van der Waals surface area contributed by atoms with E-state index in [1.54, 1.807) is 11.8 Å². The number of carbonyl (C=O) groups is 1. The summed E-state index contributed by atoms with van der Waals surface area (Å²) in [5.74, 6) is 0.780. The maximum atomic E-state index is 12.4. The minimum absolute atomic E-state index is 0.0437. The highest BCUT2D eigenvalue weighted by atomic mass is 32.2. The second-order valence-corrected chi connectivity index (χ2v) is 7.62. The summed E-state index contributed by atoms with van der Waals surface area (Å²) in [5.41, 5.74) is 3.11. The number of rotatable bonds is 8. The largest absolute Gasteiger partial charge is 0.497 e. The number of aromatic nitrogens is 4. The lowest BCUT2D eigenvalue weighted by Gasteiger charge is -2.12. The van der Waals surface area contributed by atoms with Crippen LogP contribution in [-0.2, 0) is 11.2 Å². The van der Waals surface area contributed by atoms with Crippen molar-refractivity contribution >= 4 is 17.7 Å². The molecule has 3 aromatic rings. The molecule has 0 unspecified atom stereocenters. The lowest BCUT2D eigenvalue weighted by Crippen LogP contribution is -2.32. The Hall–Kier alpha value is -2.87. The fraction of sp³-hybridized carbons (Fsp3) is 0.300. The van der Waals surface area contributed by atoms with Gasteiger partial charge in [0.1, 0.15) is 5.75 Å². The predicted octanol–water partition coefficient (Wildman–Crippen LogP) is 2.82. The third-order valence-corrected chi connectivity index (χ3v) is 5.34. The van der Waals surface area contributed by atoms with E-state index in [9.17, 15) is 4.79 Å². The topological polar surface area (TPSA) is 81.9 Å². The van der Waals surface area contributed by atoms with Gasteiger partial charge in [0.2, 0.25) is 11.1 Å². The van der Waals surface area contributed by atoms with Gasteiger partial charge >= 0.3 is 0 Å². The van der Waals surface area contributed by atoms with Crippen LogP contribution in [-0.4, -0.2) is 45.0 Å². The number of nitrogens with zero attached hydrogens (tertiary/aromatic N) is 4. The molecule has 3 rings (SSSR count). The van der Waals surface area contributed by atoms with Crippen LogP contribution in [0.3, 0.4) is 0 Å². The predicted molar refractivity (Wildman–Crippen MR) is 109 cm³/mol. The first-order valence-corrected chi connectivity index (χ1v) is 9.88. The van der Waals surface area contributed by atoms with Gasteiger partial charge in [-0.3, -0.25) is 4.79 Å². The van der Waals surface area contributed by atoms with Crippen molar-refractivity contribution in [2.24, 2.45) is 0 Å². The molecular weight excluding hydrogens is 374 g/mol. The molecule has 1 heterocycles. The molecule has 0 radical (unpaired) electrons. The fourth-order valence-electron chi connectivity index (χ4n) is 2.68. The highest BCUT2D eigenvalue weighted by molar-refractivity contribution is 8.00. The summed E-state index contributed by atoms with van der Waals surface area (Å²) in [4.78, 5) is 12.4. The Morgan fingerprint density at radius 2 is 1.96 bits per heavy atom. The van der Waals surface area contributed by atoms with Crippen LogP contribution in [0.15, 0.2) is 53.7 Å². The smallest absolute Gasteiger partial charge is 0.233 e. The zero-order chi connectivity index (χ0) is 19.9. The Morgan fingerprint density at radius 3 is 2.68 bits per heavy atom. The molecule has 0 aliphatic heterocycles. The number of para-hydroxylation sites is 1. The van der Waals surface area contributed by atoms with Gasteiger partial charge in [-0.25, -0.2) is 0 Å². The molecular formula is C20H23N5O2S. The van der Waals surface area contributed by atoms with Crippen LogP contribution < -0.4 is 10.1 Å². The average molecular weight is 398 g/mol. The highest BCUT2D eigenvalue weighted by Crippen LogP contribution is 2.24. The van der Waals surface area contributed by atoms with Gasteiger partial charge in [0.25, 0.3) is 0 Å². The van der Waals surface area contributed by atoms with E-state index in [1.165, 1.54) is 11.8 Å². The first-order chi connectivity index (χ1) is 13.6. The molecule has 146 valence electrons. The molecule has 1 aromatic heterocycles. The molecule has 7 nitrogen and oxygen atoms in total. The number of hydrogen-bond acceptors (Lipinski definition) is 6. The van der Waals surface area contributed by atoms with Crippen molar-refractivity contribution in [2.45, 2.75) is 30.7 Å². The number of thioether (sulfide) groups is 1. The quantitative estimate of drug-likeness (QED) is 0.589. The summed E-state index contributed by atoms with van der Waals surface area (Å²) >= 11 is 1.34. The summed E-state index contributed by atoms with van der Waals surface area (Å²) in [6.07, 6.45) is 0.758. The van der Waals surface area contributed by atoms with Gasteiger partial charge in [-0.2, -0.15) is 4.68 Å². The summed E-state index contributed by atoms with van der Waals surface area (Å²) in [6, 6.07) is 15.7. The van der Waals surface area contributed by atoms with Crippen LogP contribution in [0.1, 0.15) is 18.1 Å². The number of methoxy groups -OCH3 is 1. The van der Waals surface area contributed by atoms with Crippen molar-refractivity contribution < 1.29 is 9.53 Å². The van der Waals surface area contributed by atoms with Crippen LogP contribution in [0.2, 0.25) is 0 Å². The van der Waals surface area contributed by atoms with E-state index in [-0.39, 0.29) is 11.2 Å². The zero-order valence-corrected chi connectivity index (χ0v) is 16.9. The van der Waals surface area contributed by atoms with Gasteiger partial charge < -0.3 is 10.1 Å². The number of hydrogen-bond donors (Lipinski definition) is 1. The van der Waals surface area contributed by atoms with Crippen LogP contribution in [0.4, 0.5) is 0 Å². The number of carbonyl (C=O) groups excluding carboxylic acids is 1. The number of tetrazole rings is 1. The van der Waals surface area contributed by atoms with Gasteiger partial charge in [0.15, 0.2) is 0 Å². The molecule has 0 aliphatic carbocycles. The lowest BCUT2D eigenvalue weighted by atomic mass is 10.1. The molecule has 0 saturated carbocycles. The van der Waals surface area contributed by atoms with E-state index in [0.717, 1.165) is 29.0 Å². The van der Waals surface area contributed by atoms with Crippen LogP contribution in [0.5, 0.6) is 5.75 Å². The van der Waals surface area contributed by atoms with Crippen LogP contribution >= 0.6 is 11.8 Å². The number of amides is 1. The standard InChI is InChI=1S/C20H23N5O2S/c1-14-6-4-5-7-18(14)25-20(22-23-24-25)28-15(2)19(26)21-13-12-16-8-10-17(27-3)11-9-16/h4-11,15H,12-13H2,1-3H3,(H,21,26)/t15-/m1/s1. The SMILES string of the molecule is COc1ccc(CCNC(=O)[C@@H](C)Sc2nnnn2-c2ccccc2C)cc1. The van der Waals surface area contributed by atoms with Gasteiger partial charge in [-0.1, -0.05) is 42.1 Å². The van der Waals surface area contributed by atoms with Crippen LogP contribution in [0, 0.1) is 6.92 Å². The van der Waals surface area contributed by atoms with Gasteiger partial charge in [-0.05, 0) is 60.0 Å². The Bertz CT molecular complexity index is 926. The minimum atomic E-state index is -0.315. The maximum Gasteiger partial charge on any atom is 0.233 e. The first-order valence-electron chi connectivity index (χ1n) is 9.00. The molecule has 1 atom stereocenters. The zero-order valence-electron chi connectivity index (χ0n) is 16.1. The molecule has 8 heteroatoms. The van der Waals surface area contributed by atoms with E-state index in [1.807, 2.05) is 62.4 Å². The Kier molecular flexibility index (Phi) is 6.65. The molecule has 2 aromatic carbocycles. The number of ether oxygens (including phenoxy) is 1. The van der Waals surface area contributed by atoms with Crippen LogP contribution in [0.25, 0.3) is 5.69 Å². The van der Waals surface area contributed by atoms with Crippen molar-refractivity contribution in [1.29, 1.82) is 0 Å². The van der Waals surface area contributed by atoms with Crippen molar-refractivity contribution in [1.82, 2.24) is 25.5 Å². The number of nitrogens with one attached hydrogen (secondary N) is 1. The van der Waals surface area contributed by atoms with Crippen molar-refractivity contribution in [3.8, 4) is 11.4 Å². The second kappa shape index (κ2) is 9.36. The molecule has 1 N–H and O–H groups in total. The van der Waals surface area contributed by atoms with E-state index in [4.69, 9.17) is 4.74 Å². The molecule has 0 spiro atoms. The van der Waals surface area contributed by atoms with Crippen molar-refractivity contribution in [2.75, 3.05) is 13.7 Å². The monoisotopic (exact) mass is 397 g/mol. The maximum absolute atomic E-state index is 12.4. The van der Waals surface area contributed by atoms with Gasteiger partial charge in [0.05, 0.1) is 18.0 Å². The Labute approximate surface area is 168 Å². The fourth-order valence-corrected chi connectivity index (χ4v) is 3.51. The lowest BCUT2D eigenvalue weighted by molar-refractivity contribution is -0.120. The number of aryl methyl sites for hydroxylation is 1.